The van der Waals surface area contributed by atoms with Gasteiger partial charge in [-0.05, 0) is 52.0 Å². The van der Waals surface area contributed by atoms with E-state index in [2.05, 4.69) is 31.0 Å². The molecule has 0 aromatic heterocycles. The van der Waals surface area contributed by atoms with Gasteiger partial charge in [-0.1, -0.05) is 32.6 Å². The van der Waals surface area contributed by atoms with Gasteiger partial charge in [-0.15, -0.1) is 0 Å². The third kappa shape index (κ3) is 4.19. The van der Waals surface area contributed by atoms with E-state index in [0.29, 0.717) is 0 Å². The van der Waals surface area contributed by atoms with E-state index in [1.54, 1.807) is 0 Å². The Balaban J connectivity index is 1.96. The van der Waals surface area contributed by atoms with Crippen LogP contribution in [0.25, 0.3) is 0 Å². The molecule has 2 nitrogen and oxygen atoms in total. The van der Waals surface area contributed by atoms with E-state index in [4.69, 9.17) is 0 Å². The van der Waals surface area contributed by atoms with Gasteiger partial charge in [0.15, 0.2) is 0 Å². The summed E-state index contributed by atoms with van der Waals surface area (Å²) < 4.78 is 0. The zero-order chi connectivity index (χ0) is 13.7. The van der Waals surface area contributed by atoms with E-state index >= 15 is 0 Å². The van der Waals surface area contributed by atoms with Crippen LogP contribution in [-0.2, 0) is 0 Å². The molecular weight excluding hydrogens is 232 g/mol. The zero-order valence-corrected chi connectivity index (χ0v) is 13.3. The van der Waals surface area contributed by atoms with E-state index < -0.39 is 0 Å². The lowest BCUT2D eigenvalue weighted by molar-refractivity contribution is 0.124. The summed E-state index contributed by atoms with van der Waals surface area (Å²) in [6.45, 7) is 9.68. The van der Waals surface area contributed by atoms with E-state index in [0.717, 1.165) is 24.0 Å². The highest BCUT2D eigenvalue weighted by molar-refractivity contribution is 4.88. The van der Waals surface area contributed by atoms with Gasteiger partial charge in [-0.3, -0.25) is 4.90 Å². The molecule has 1 N–H and O–H groups in total. The molecule has 2 heteroatoms. The summed E-state index contributed by atoms with van der Waals surface area (Å²) in [6.07, 6.45) is 11.3. The Labute approximate surface area is 120 Å². The highest BCUT2D eigenvalue weighted by Crippen LogP contribution is 2.29. The smallest absolute Gasteiger partial charge is 0.0223 e. The van der Waals surface area contributed by atoms with Gasteiger partial charge in [-0.2, -0.15) is 0 Å². The lowest BCUT2D eigenvalue weighted by Gasteiger charge is -2.37. The van der Waals surface area contributed by atoms with Crippen molar-refractivity contribution >= 4 is 0 Å². The molecular formula is C17H34N2. The van der Waals surface area contributed by atoms with Crippen molar-refractivity contribution in [3.05, 3.63) is 0 Å². The van der Waals surface area contributed by atoms with Crippen LogP contribution in [0.3, 0.4) is 0 Å². The highest BCUT2D eigenvalue weighted by atomic mass is 15.2. The van der Waals surface area contributed by atoms with Crippen molar-refractivity contribution in [2.24, 2.45) is 5.92 Å². The minimum atomic E-state index is 0.752. The van der Waals surface area contributed by atoms with Gasteiger partial charge in [0.2, 0.25) is 0 Å². The Morgan fingerprint density at radius 1 is 1.16 bits per heavy atom. The standard InChI is InChI=1S/C17H34N2/c1-4-8-14(2)19-13-17(18-12-11-15(19)3)16-9-6-5-7-10-16/h14-18H,4-13H2,1-3H3. The molecule has 0 radical (unpaired) electrons. The molecule has 0 bridgehead atoms. The third-order valence-corrected chi connectivity index (χ3v) is 5.43. The molecule has 1 saturated carbocycles. The number of hydrogen-bond donors (Lipinski definition) is 1. The monoisotopic (exact) mass is 266 g/mol. The van der Waals surface area contributed by atoms with Crippen LogP contribution < -0.4 is 5.32 Å². The topological polar surface area (TPSA) is 15.3 Å². The Morgan fingerprint density at radius 3 is 2.58 bits per heavy atom. The van der Waals surface area contributed by atoms with Gasteiger partial charge >= 0.3 is 0 Å². The largest absolute Gasteiger partial charge is 0.312 e. The number of hydrogen-bond acceptors (Lipinski definition) is 2. The van der Waals surface area contributed by atoms with Gasteiger partial charge in [0.05, 0.1) is 0 Å². The summed E-state index contributed by atoms with van der Waals surface area (Å²) in [5.41, 5.74) is 0. The predicted molar refractivity (Wildman–Crippen MR) is 83.5 cm³/mol. The summed E-state index contributed by atoms with van der Waals surface area (Å²) in [7, 11) is 0. The maximum Gasteiger partial charge on any atom is 0.0223 e. The molecule has 0 amide bonds. The molecule has 0 spiro atoms. The van der Waals surface area contributed by atoms with Gasteiger partial charge in [-0.25, -0.2) is 0 Å². The van der Waals surface area contributed by atoms with Crippen molar-refractivity contribution in [1.82, 2.24) is 10.2 Å². The number of rotatable bonds is 4. The SMILES string of the molecule is CCCC(C)N1CC(C2CCCCC2)NCCC1C. The second-order valence-corrected chi connectivity index (χ2v) is 6.93. The van der Waals surface area contributed by atoms with Crippen molar-refractivity contribution in [3.8, 4) is 0 Å². The van der Waals surface area contributed by atoms with Crippen molar-refractivity contribution in [1.29, 1.82) is 0 Å². The average Bonchev–Trinajstić information content (AvgIpc) is 2.62. The summed E-state index contributed by atoms with van der Waals surface area (Å²) in [5.74, 6) is 0.940. The highest BCUT2D eigenvalue weighted by Gasteiger charge is 2.31. The quantitative estimate of drug-likeness (QED) is 0.832. The molecule has 112 valence electrons. The molecule has 3 atom stereocenters. The van der Waals surface area contributed by atoms with Crippen LogP contribution in [-0.4, -0.2) is 36.1 Å². The summed E-state index contributed by atoms with van der Waals surface area (Å²) in [5, 5.41) is 3.87. The van der Waals surface area contributed by atoms with Crippen molar-refractivity contribution in [2.75, 3.05) is 13.1 Å². The minimum Gasteiger partial charge on any atom is -0.312 e. The molecule has 1 heterocycles. The first-order valence-corrected chi connectivity index (χ1v) is 8.71. The van der Waals surface area contributed by atoms with E-state index in [1.165, 1.54) is 64.5 Å². The molecule has 19 heavy (non-hydrogen) atoms. The first kappa shape index (κ1) is 15.3. The molecule has 2 aliphatic rings. The second kappa shape index (κ2) is 7.64. The summed E-state index contributed by atoms with van der Waals surface area (Å²) in [6, 6.07) is 2.26. The molecule has 1 aliphatic heterocycles. The van der Waals surface area contributed by atoms with Crippen LogP contribution in [0.5, 0.6) is 0 Å². The summed E-state index contributed by atoms with van der Waals surface area (Å²) in [4.78, 5) is 2.79. The number of nitrogens with zero attached hydrogens (tertiary/aromatic N) is 1. The van der Waals surface area contributed by atoms with Gasteiger partial charge in [0, 0.05) is 24.7 Å². The molecule has 2 fully saturated rings. The van der Waals surface area contributed by atoms with Crippen LogP contribution in [0.2, 0.25) is 0 Å². The minimum absolute atomic E-state index is 0.752. The van der Waals surface area contributed by atoms with Gasteiger partial charge in [0.1, 0.15) is 0 Å². The van der Waals surface area contributed by atoms with E-state index in [-0.39, 0.29) is 0 Å². The second-order valence-electron chi connectivity index (χ2n) is 6.93. The van der Waals surface area contributed by atoms with E-state index in [9.17, 15) is 0 Å². The van der Waals surface area contributed by atoms with Crippen molar-refractivity contribution in [3.63, 3.8) is 0 Å². The Morgan fingerprint density at radius 2 is 1.89 bits per heavy atom. The normalized spacial score (nSPS) is 33.0. The van der Waals surface area contributed by atoms with Crippen LogP contribution in [0.15, 0.2) is 0 Å². The molecule has 1 aliphatic carbocycles. The fourth-order valence-electron chi connectivity index (χ4n) is 4.17. The zero-order valence-electron chi connectivity index (χ0n) is 13.3. The fraction of sp³-hybridized carbons (Fsp3) is 1.00. The maximum absolute atomic E-state index is 3.87. The maximum atomic E-state index is 3.87. The molecule has 3 unspecified atom stereocenters. The lowest BCUT2D eigenvalue weighted by Crippen LogP contribution is -2.48. The first-order valence-electron chi connectivity index (χ1n) is 8.71. The Hall–Kier alpha value is -0.0800. The molecule has 2 rings (SSSR count). The van der Waals surface area contributed by atoms with Crippen LogP contribution in [0.1, 0.15) is 72.1 Å². The predicted octanol–water partition coefficient (Wildman–Crippen LogP) is 3.81. The van der Waals surface area contributed by atoms with Gasteiger partial charge in [0.25, 0.3) is 0 Å². The van der Waals surface area contributed by atoms with Crippen LogP contribution in [0.4, 0.5) is 0 Å². The first-order chi connectivity index (χ1) is 9.22. The van der Waals surface area contributed by atoms with Crippen molar-refractivity contribution in [2.45, 2.75) is 90.3 Å². The van der Waals surface area contributed by atoms with E-state index in [1.807, 2.05) is 0 Å². The third-order valence-electron chi connectivity index (χ3n) is 5.43. The Kier molecular flexibility index (Phi) is 6.15. The summed E-state index contributed by atoms with van der Waals surface area (Å²) >= 11 is 0. The van der Waals surface area contributed by atoms with Crippen LogP contribution in [0, 0.1) is 5.92 Å². The van der Waals surface area contributed by atoms with Crippen LogP contribution >= 0.6 is 0 Å². The van der Waals surface area contributed by atoms with Crippen molar-refractivity contribution < 1.29 is 0 Å². The molecule has 0 aromatic rings. The lowest BCUT2D eigenvalue weighted by atomic mass is 9.83. The Bertz CT molecular complexity index is 248. The molecule has 0 aromatic carbocycles. The molecule has 1 saturated heterocycles. The fourth-order valence-corrected chi connectivity index (χ4v) is 4.17. The number of nitrogens with one attached hydrogen (secondary N) is 1. The van der Waals surface area contributed by atoms with Gasteiger partial charge < -0.3 is 5.32 Å². The average molecular weight is 266 g/mol.